The number of rotatable bonds is 3. The number of carbonyl (C=O) groups is 2. The van der Waals surface area contributed by atoms with Crippen LogP contribution in [0.25, 0.3) is 11.3 Å². The summed E-state index contributed by atoms with van der Waals surface area (Å²) >= 11 is 0. The van der Waals surface area contributed by atoms with Gasteiger partial charge in [0, 0.05) is 18.7 Å². The molecule has 0 radical (unpaired) electrons. The lowest BCUT2D eigenvalue weighted by Gasteiger charge is -2.34. The van der Waals surface area contributed by atoms with Gasteiger partial charge in [0.2, 0.25) is 5.91 Å². The molecule has 1 N–H and O–H groups in total. The van der Waals surface area contributed by atoms with Crippen molar-refractivity contribution in [3.05, 3.63) is 83.9 Å². The Hall–Kier alpha value is -3.41. The van der Waals surface area contributed by atoms with E-state index in [4.69, 9.17) is 4.42 Å². The fraction of sp³-hybridized carbons (Fsp3) is 0.143. The monoisotopic (exact) mass is 364 g/mol. The Morgan fingerprint density at radius 3 is 2.52 bits per heavy atom. The molecule has 3 aromatic rings. The number of furan rings is 1. The van der Waals surface area contributed by atoms with Crippen molar-refractivity contribution in [2.24, 2.45) is 0 Å². The lowest BCUT2D eigenvalue weighted by molar-refractivity contribution is -0.128. The standard InChI is InChI=1S/C21H17FN2O3/c22-16-8-6-14(7-9-16)17-10-11-18(27-17)21(26)24-13-12-23-20(25)19(24)15-4-2-1-3-5-15/h1-11,19H,12-13H2,(H,23,25)/t19-/m1/s1. The molecule has 1 atom stereocenters. The van der Waals surface area contributed by atoms with E-state index < -0.39 is 6.04 Å². The molecular formula is C21H17FN2O3. The Morgan fingerprint density at radius 2 is 1.78 bits per heavy atom. The predicted molar refractivity (Wildman–Crippen MR) is 97.3 cm³/mol. The van der Waals surface area contributed by atoms with Crippen LogP contribution < -0.4 is 5.32 Å². The number of hydrogen-bond acceptors (Lipinski definition) is 3. The first kappa shape index (κ1) is 17.0. The molecule has 6 heteroatoms. The van der Waals surface area contributed by atoms with Gasteiger partial charge in [-0.2, -0.15) is 0 Å². The van der Waals surface area contributed by atoms with Gasteiger partial charge in [-0.25, -0.2) is 4.39 Å². The second kappa shape index (κ2) is 7.07. The normalized spacial score (nSPS) is 16.9. The average Bonchev–Trinajstić information content (AvgIpc) is 3.18. The van der Waals surface area contributed by atoms with Gasteiger partial charge in [-0.3, -0.25) is 9.59 Å². The summed E-state index contributed by atoms with van der Waals surface area (Å²) in [6.45, 7) is 0.774. The van der Waals surface area contributed by atoms with Crippen LogP contribution >= 0.6 is 0 Å². The van der Waals surface area contributed by atoms with E-state index in [1.54, 1.807) is 24.3 Å². The molecule has 0 spiro atoms. The summed E-state index contributed by atoms with van der Waals surface area (Å²) in [6, 6.07) is 17.6. The van der Waals surface area contributed by atoms with E-state index in [0.717, 1.165) is 5.56 Å². The van der Waals surface area contributed by atoms with Gasteiger partial charge < -0.3 is 14.6 Å². The Kier molecular flexibility index (Phi) is 4.46. The highest BCUT2D eigenvalue weighted by Gasteiger charge is 2.35. The highest BCUT2D eigenvalue weighted by molar-refractivity contribution is 5.97. The Balaban J connectivity index is 1.63. The van der Waals surface area contributed by atoms with Crippen molar-refractivity contribution in [3.8, 4) is 11.3 Å². The number of piperazine rings is 1. The molecule has 4 rings (SSSR count). The maximum Gasteiger partial charge on any atom is 0.290 e. The molecule has 0 aliphatic carbocycles. The molecule has 2 heterocycles. The Morgan fingerprint density at radius 1 is 1.04 bits per heavy atom. The topological polar surface area (TPSA) is 62.6 Å². The average molecular weight is 364 g/mol. The van der Waals surface area contributed by atoms with Crippen LogP contribution in [0.1, 0.15) is 22.2 Å². The minimum Gasteiger partial charge on any atom is -0.451 e. The number of benzene rings is 2. The summed E-state index contributed by atoms with van der Waals surface area (Å²) in [5.41, 5.74) is 1.42. The quantitative estimate of drug-likeness (QED) is 0.775. The second-order valence-corrected chi connectivity index (χ2v) is 6.27. The molecule has 1 aromatic heterocycles. The summed E-state index contributed by atoms with van der Waals surface area (Å²) in [5, 5.41) is 2.80. The fourth-order valence-corrected chi connectivity index (χ4v) is 3.22. The molecule has 0 bridgehead atoms. The summed E-state index contributed by atoms with van der Waals surface area (Å²) in [5.74, 6) is -0.300. The lowest BCUT2D eigenvalue weighted by Crippen LogP contribution is -2.52. The molecular weight excluding hydrogens is 347 g/mol. The van der Waals surface area contributed by atoms with Crippen LogP contribution in [0.3, 0.4) is 0 Å². The molecule has 0 unspecified atom stereocenters. The summed E-state index contributed by atoms with van der Waals surface area (Å²) in [6.07, 6.45) is 0. The number of amides is 2. The first-order valence-corrected chi connectivity index (χ1v) is 8.63. The van der Waals surface area contributed by atoms with E-state index in [0.29, 0.717) is 24.4 Å². The van der Waals surface area contributed by atoms with E-state index in [2.05, 4.69) is 5.32 Å². The zero-order valence-electron chi connectivity index (χ0n) is 14.4. The highest BCUT2D eigenvalue weighted by Crippen LogP contribution is 2.28. The molecule has 27 heavy (non-hydrogen) atoms. The maximum absolute atomic E-state index is 13.1. The van der Waals surface area contributed by atoms with Crippen molar-refractivity contribution in [2.45, 2.75) is 6.04 Å². The van der Waals surface area contributed by atoms with Gasteiger partial charge >= 0.3 is 0 Å². The molecule has 1 aliphatic heterocycles. The summed E-state index contributed by atoms with van der Waals surface area (Å²) in [4.78, 5) is 27.0. The largest absolute Gasteiger partial charge is 0.451 e. The van der Waals surface area contributed by atoms with E-state index in [1.165, 1.54) is 17.0 Å². The van der Waals surface area contributed by atoms with Crippen LogP contribution in [0.5, 0.6) is 0 Å². The van der Waals surface area contributed by atoms with Crippen molar-refractivity contribution in [2.75, 3.05) is 13.1 Å². The van der Waals surface area contributed by atoms with E-state index in [1.807, 2.05) is 30.3 Å². The van der Waals surface area contributed by atoms with Crippen molar-refractivity contribution < 1.29 is 18.4 Å². The fourth-order valence-electron chi connectivity index (χ4n) is 3.22. The van der Waals surface area contributed by atoms with E-state index >= 15 is 0 Å². The maximum atomic E-state index is 13.1. The highest BCUT2D eigenvalue weighted by atomic mass is 19.1. The number of nitrogens with zero attached hydrogens (tertiary/aromatic N) is 1. The van der Waals surface area contributed by atoms with Crippen molar-refractivity contribution >= 4 is 11.8 Å². The van der Waals surface area contributed by atoms with Gasteiger partial charge in [0.1, 0.15) is 17.6 Å². The molecule has 136 valence electrons. The van der Waals surface area contributed by atoms with Crippen LogP contribution in [-0.4, -0.2) is 29.8 Å². The first-order valence-electron chi connectivity index (χ1n) is 8.63. The summed E-state index contributed by atoms with van der Waals surface area (Å²) < 4.78 is 18.8. The second-order valence-electron chi connectivity index (χ2n) is 6.27. The van der Waals surface area contributed by atoms with Crippen LogP contribution in [0, 0.1) is 5.82 Å². The van der Waals surface area contributed by atoms with Crippen LogP contribution in [0.15, 0.2) is 71.1 Å². The molecule has 1 aliphatic rings. The molecule has 5 nitrogen and oxygen atoms in total. The van der Waals surface area contributed by atoms with Gasteiger partial charge in [-0.05, 0) is 42.0 Å². The van der Waals surface area contributed by atoms with Gasteiger partial charge in [-0.15, -0.1) is 0 Å². The van der Waals surface area contributed by atoms with E-state index in [-0.39, 0.29) is 23.4 Å². The van der Waals surface area contributed by atoms with Crippen LogP contribution in [0.4, 0.5) is 4.39 Å². The van der Waals surface area contributed by atoms with Gasteiger partial charge in [0.15, 0.2) is 5.76 Å². The minimum atomic E-state index is -0.702. The molecule has 1 fully saturated rings. The smallest absolute Gasteiger partial charge is 0.290 e. The van der Waals surface area contributed by atoms with Crippen LogP contribution in [0.2, 0.25) is 0 Å². The SMILES string of the molecule is O=C1NCCN(C(=O)c2ccc(-c3ccc(F)cc3)o2)[C@@H]1c1ccccc1. The third kappa shape index (κ3) is 3.33. The molecule has 2 amide bonds. The number of hydrogen-bond donors (Lipinski definition) is 1. The Labute approximate surface area is 155 Å². The first-order chi connectivity index (χ1) is 13.1. The van der Waals surface area contributed by atoms with Crippen molar-refractivity contribution in [1.29, 1.82) is 0 Å². The van der Waals surface area contributed by atoms with Gasteiger partial charge in [0.05, 0.1) is 0 Å². The number of carbonyl (C=O) groups excluding carboxylic acids is 2. The third-order valence-corrected chi connectivity index (χ3v) is 4.53. The predicted octanol–water partition coefficient (Wildman–Crippen LogP) is 3.40. The van der Waals surface area contributed by atoms with Crippen LogP contribution in [-0.2, 0) is 4.79 Å². The molecule has 2 aromatic carbocycles. The number of halogens is 1. The zero-order valence-corrected chi connectivity index (χ0v) is 14.4. The summed E-state index contributed by atoms with van der Waals surface area (Å²) in [7, 11) is 0. The lowest BCUT2D eigenvalue weighted by atomic mass is 10.0. The third-order valence-electron chi connectivity index (χ3n) is 4.53. The molecule has 0 saturated carbocycles. The number of nitrogens with one attached hydrogen (secondary N) is 1. The molecule has 1 saturated heterocycles. The van der Waals surface area contributed by atoms with Crippen molar-refractivity contribution in [1.82, 2.24) is 10.2 Å². The van der Waals surface area contributed by atoms with Crippen molar-refractivity contribution in [3.63, 3.8) is 0 Å². The van der Waals surface area contributed by atoms with Gasteiger partial charge in [-0.1, -0.05) is 30.3 Å². The minimum absolute atomic E-state index is 0.143. The van der Waals surface area contributed by atoms with Gasteiger partial charge in [0.25, 0.3) is 5.91 Å². The Bertz CT molecular complexity index is 967. The zero-order chi connectivity index (χ0) is 18.8. The van der Waals surface area contributed by atoms with E-state index in [9.17, 15) is 14.0 Å².